The fourth-order valence-electron chi connectivity index (χ4n) is 1.31. The van der Waals surface area contributed by atoms with Crippen molar-refractivity contribution < 1.29 is 0 Å². The summed E-state index contributed by atoms with van der Waals surface area (Å²) in [6.45, 7) is 0. The fourth-order valence-corrected chi connectivity index (χ4v) is 12.8. The van der Waals surface area contributed by atoms with Crippen LogP contribution < -0.4 is 0 Å². The molecule has 0 nitrogen and oxygen atoms in total. The van der Waals surface area contributed by atoms with Gasteiger partial charge in [-0.15, -0.1) is 0 Å². The van der Waals surface area contributed by atoms with Crippen LogP contribution in [0.2, 0.25) is 0 Å². The number of allylic oxidation sites excluding steroid dienone is 3. The Hall–Kier alpha value is 1.56. The molecule has 6 heteroatoms. The summed E-state index contributed by atoms with van der Waals surface area (Å²) in [5.41, 5.74) is 4.58. The molecular weight excluding hydrogens is 429 g/mol. The average Bonchev–Trinajstić information content (AvgIpc) is 3.01. The van der Waals surface area contributed by atoms with Crippen LogP contribution in [-0.4, -0.2) is 56.9 Å². The van der Waals surface area contributed by atoms with Gasteiger partial charge in [0.05, 0.1) is 0 Å². The second kappa shape index (κ2) is 5.47. The average molecular weight is 434 g/mol. The summed E-state index contributed by atoms with van der Waals surface area (Å²) < 4.78 is 0. The molecule has 3 aliphatic heterocycles. The van der Waals surface area contributed by atoms with E-state index >= 15 is 0 Å². The molecule has 0 saturated heterocycles. The van der Waals surface area contributed by atoms with Crippen LogP contribution in [0.4, 0.5) is 0 Å². The van der Waals surface area contributed by atoms with Gasteiger partial charge in [-0.3, -0.25) is 0 Å². The Morgan fingerprint density at radius 1 is 0.800 bits per heavy atom. The first-order valence-electron chi connectivity index (χ1n) is 4.19. The molecule has 3 heterocycles. The Balaban J connectivity index is 2.02. The quantitative estimate of drug-likeness (QED) is 0.606. The minimum absolute atomic E-state index is 0.362. The van der Waals surface area contributed by atoms with Gasteiger partial charge in [-0.1, -0.05) is 0 Å². The van der Waals surface area contributed by atoms with Crippen molar-refractivity contribution in [2.24, 2.45) is 0 Å². The molecule has 0 amide bonds. The predicted molar refractivity (Wildman–Crippen MR) is 81.4 cm³/mol. The molecule has 0 unspecified atom stereocenters. The van der Waals surface area contributed by atoms with Gasteiger partial charge in [0.2, 0.25) is 0 Å². The van der Waals surface area contributed by atoms with Gasteiger partial charge in [-0.25, -0.2) is 0 Å². The molecule has 0 aliphatic carbocycles. The van der Waals surface area contributed by atoms with Gasteiger partial charge in [0.25, 0.3) is 0 Å². The maximum atomic E-state index is 2.49. The van der Waals surface area contributed by atoms with E-state index in [1.165, 1.54) is 11.1 Å². The van der Waals surface area contributed by atoms with Gasteiger partial charge in [-0.2, -0.15) is 0 Å². The zero-order chi connectivity index (χ0) is 10.1. The van der Waals surface area contributed by atoms with Crippen LogP contribution >= 0.6 is 30.1 Å². The summed E-state index contributed by atoms with van der Waals surface area (Å²) in [4.78, 5) is 8.97. The van der Waals surface area contributed by atoms with E-state index in [1.807, 2.05) is 20.0 Å². The van der Waals surface area contributed by atoms with Crippen LogP contribution in [0.15, 0.2) is 32.4 Å². The maximum absolute atomic E-state index is 2.49. The molecule has 0 aromatic heterocycles. The Morgan fingerprint density at radius 3 is 2.20 bits per heavy atom. The second-order valence-electron chi connectivity index (χ2n) is 2.89. The Kier molecular flexibility index (Phi) is 4.24. The van der Waals surface area contributed by atoms with Crippen LogP contribution in [0.5, 0.6) is 0 Å². The number of hydrogen-bond acceptors (Lipinski definition) is 3. The third-order valence-corrected chi connectivity index (χ3v) is 12.4. The van der Waals surface area contributed by atoms with Crippen molar-refractivity contribution >= 4 is 87.0 Å². The minimum atomic E-state index is 0.362. The van der Waals surface area contributed by atoms with Crippen LogP contribution in [0, 0.1) is 0 Å². The molecule has 0 fully saturated rings. The van der Waals surface area contributed by atoms with Crippen LogP contribution in [0.1, 0.15) is 0 Å². The molecule has 0 bridgehead atoms. The first kappa shape index (κ1) is 11.6. The first-order valence-corrected chi connectivity index (χ1v) is 16.8. The van der Waals surface area contributed by atoms with Gasteiger partial charge >= 0.3 is 119 Å². The van der Waals surface area contributed by atoms with Crippen LogP contribution in [0.3, 0.4) is 0 Å². The van der Waals surface area contributed by atoms with E-state index in [9.17, 15) is 0 Å². The van der Waals surface area contributed by atoms with E-state index < -0.39 is 0 Å². The van der Waals surface area contributed by atoms with Crippen molar-refractivity contribution in [1.29, 1.82) is 0 Å². The molecule has 0 spiro atoms. The zero-order valence-corrected chi connectivity index (χ0v) is 15.5. The van der Waals surface area contributed by atoms with Gasteiger partial charge in [0.1, 0.15) is 0 Å². The van der Waals surface area contributed by atoms with Crippen molar-refractivity contribution in [3.8, 4) is 0 Å². The van der Waals surface area contributed by atoms with Crippen molar-refractivity contribution in [2.45, 2.75) is 0 Å². The van der Waals surface area contributed by atoms with Gasteiger partial charge < -0.3 is 0 Å². The molecule has 3 rings (SSSR count). The molecule has 0 radical (unpaired) electrons. The number of rotatable bonds is 2. The zero-order valence-electron chi connectivity index (χ0n) is 7.45. The predicted octanol–water partition coefficient (Wildman–Crippen LogP) is 1.51. The van der Waals surface area contributed by atoms with Crippen molar-refractivity contribution in [2.75, 3.05) is 0 Å². The van der Waals surface area contributed by atoms with Crippen molar-refractivity contribution in [3.63, 3.8) is 0 Å². The van der Waals surface area contributed by atoms with E-state index in [2.05, 4.69) is 35.3 Å². The molecule has 0 aromatic carbocycles. The van der Waals surface area contributed by atoms with Crippen LogP contribution in [0.25, 0.3) is 0 Å². The molecule has 0 N–H and O–H groups in total. The Labute approximate surface area is 118 Å². The summed E-state index contributed by atoms with van der Waals surface area (Å²) in [6, 6.07) is 0. The third kappa shape index (κ3) is 2.54. The molecule has 74 valence electrons. The summed E-state index contributed by atoms with van der Waals surface area (Å²) in [6.07, 6.45) is 0. The molecule has 0 aromatic rings. The molecule has 0 atom stereocenters. The second-order valence-corrected chi connectivity index (χ2v) is 14.4. The normalized spacial score (nSPS) is 26.1. The van der Waals surface area contributed by atoms with Gasteiger partial charge in [0.15, 0.2) is 0 Å². The molecule has 0 saturated carbocycles. The number of hydrogen-bond donors (Lipinski definition) is 0. The van der Waals surface area contributed by atoms with E-state index in [0.29, 0.717) is 42.5 Å². The van der Waals surface area contributed by atoms with Gasteiger partial charge in [0, 0.05) is 0 Å². The van der Waals surface area contributed by atoms with E-state index in [-0.39, 0.29) is 0 Å². The van der Waals surface area contributed by atoms with E-state index in [4.69, 9.17) is 0 Å². The molecule has 15 heavy (non-hydrogen) atoms. The monoisotopic (exact) mass is 434 g/mol. The van der Waals surface area contributed by atoms with Crippen molar-refractivity contribution in [1.82, 2.24) is 0 Å². The Morgan fingerprint density at radius 2 is 1.53 bits per heavy atom. The molecule has 3 aliphatic rings. The summed E-state index contributed by atoms with van der Waals surface area (Å²) >= 11 is 1.16. The van der Waals surface area contributed by atoms with E-state index in [1.54, 1.807) is 10.5 Å². The summed E-state index contributed by atoms with van der Waals surface area (Å²) in [5, 5.41) is 4.72. The fraction of sp³-hybridized carbons (Fsp3) is 0. The summed E-state index contributed by atoms with van der Waals surface area (Å²) in [5.74, 6) is 0. The summed E-state index contributed by atoms with van der Waals surface area (Å²) in [7, 11) is 6.11. The van der Waals surface area contributed by atoms with Gasteiger partial charge in [-0.05, 0) is 0 Å². The van der Waals surface area contributed by atoms with Crippen LogP contribution in [-0.2, 0) is 0 Å². The van der Waals surface area contributed by atoms with Crippen molar-refractivity contribution in [3.05, 3.63) is 32.4 Å². The third-order valence-electron chi connectivity index (χ3n) is 2.01. The molecular formula is C9H5As3S3. The first-order chi connectivity index (χ1) is 7.45. The topological polar surface area (TPSA) is 0 Å². The standard InChI is InChI=1S/C9H5As3S3/c1-6(4-13-10-1)8-3-12-15-9(8)7-2-11-14-5-7/h1-5H. The Bertz CT molecular complexity index is 483. The van der Waals surface area contributed by atoms with E-state index in [0.717, 1.165) is 0 Å². The SMILES string of the molecule is C1=[As]SC=C1C1=C(C2=CS[As]=C2)S[As]=C1.